The topological polar surface area (TPSA) is 3.24 Å². The van der Waals surface area contributed by atoms with Gasteiger partial charge in [0.15, 0.2) is 0 Å². The molecule has 24 heavy (non-hydrogen) atoms. The van der Waals surface area contributed by atoms with Gasteiger partial charge in [-0.05, 0) is 28.8 Å². The van der Waals surface area contributed by atoms with E-state index in [1.54, 1.807) is 0 Å². The first-order valence-electron chi connectivity index (χ1n) is 8.26. The number of allylic oxidation sites excluding steroid dienone is 2. The van der Waals surface area contributed by atoms with Gasteiger partial charge in [-0.15, -0.1) is 0 Å². The van der Waals surface area contributed by atoms with Gasteiger partial charge in [0.1, 0.15) is 0 Å². The third-order valence-corrected chi connectivity index (χ3v) is 4.35. The minimum atomic E-state index is 0.879. The van der Waals surface area contributed by atoms with Gasteiger partial charge < -0.3 is 4.90 Å². The summed E-state index contributed by atoms with van der Waals surface area (Å²) in [5, 5.41) is 0. The zero-order valence-electron chi connectivity index (χ0n) is 13.5. The van der Waals surface area contributed by atoms with Gasteiger partial charge in [-0.1, -0.05) is 84.9 Å². The fraction of sp³-hybridized carbons (Fsp3) is 0.0435. The molecule has 0 aromatic heterocycles. The molecule has 0 amide bonds. The summed E-state index contributed by atoms with van der Waals surface area (Å²) in [4.78, 5) is 2.32. The lowest BCUT2D eigenvalue weighted by Gasteiger charge is -2.27. The van der Waals surface area contributed by atoms with Crippen molar-refractivity contribution in [3.63, 3.8) is 0 Å². The third kappa shape index (κ3) is 2.89. The van der Waals surface area contributed by atoms with Gasteiger partial charge in [0.05, 0.1) is 0 Å². The van der Waals surface area contributed by atoms with Gasteiger partial charge >= 0.3 is 0 Å². The van der Waals surface area contributed by atoms with Gasteiger partial charge in [-0.2, -0.15) is 0 Å². The van der Waals surface area contributed by atoms with Crippen molar-refractivity contribution in [1.82, 2.24) is 0 Å². The molecule has 1 heterocycles. The van der Waals surface area contributed by atoms with Crippen LogP contribution in [0.4, 0.5) is 5.69 Å². The van der Waals surface area contributed by atoms with E-state index in [2.05, 4.69) is 108 Å². The van der Waals surface area contributed by atoms with E-state index in [1.165, 1.54) is 28.0 Å². The van der Waals surface area contributed by atoms with Gasteiger partial charge in [-0.3, -0.25) is 0 Å². The first-order valence-corrected chi connectivity index (χ1v) is 8.26. The van der Waals surface area contributed by atoms with Crippen LogP contribution in [0.5, 0.6) is 0 Å². The van der Waals surface area contributed by atoms with Crippen molar-refractivity contribution in [1.29, 1.82) is 0 Å². The quantitative estimate of drug-likeness (QED) is 0.593. The molecule has 0 radical (unpaired) electrons. The average molecular weight is 309 g/mol. The molecule has 116 valence electrons. The van der Waals surface area contributed by atoms with E-state index >= 15 is 0 Å². The second-order valence-corrected chi connectivity index (χ2v) is 5.91. The van der Waals surface area contributed by atoms with Crippen molar-refractivity contribution in [2.75, 3.05) is 11.4 Å². The maximum Gasteiger partial charge on any atom is 0.0488 e. The molecular weight excluding hydrogens is 290 g/mol. The predicted molar refractivity (Wildman–Crippen MR) is 103 cm³/mol. The minimum Gasteiger partial charge on any atom is -0.343 e. The Morgan fingerprint density at radius 2 is 1.25 bits per heavy atom. The Labute approximate surface area is 143 Å². The van der Waals surface area contributed by atoms with E-state index in [9.17, 15) is 0 Å². The number of anilines is 1. The predicted octanol–water partition coefficient (Wildman–Crippen LogP) is 5.77. The lowest BCUT2D eigenvalue weighted by molar-refractivity contribution is 1.09. The molecule has 3 aromatic carbocycles. The Kier molecular flexibility index (Phi) is 3.99. The fourth-order valence-corrected chi connectivity index (χ4v) is 3.14. The molecule has 0 fully saturated rings. The molecule has 0 aliphatic carbocycles. The first-order chi connectivity index (χ1) is 11.9. The summed E-state index contributed by atoms with van der Waals surface area (Å²) < 4.78 is 0. The van der Waals surface area contributed by atoms with Crippen LogP contribution in [0.2, 0.25) is 0 Å². The van der Waals surface area contributed by atoms with E-state index in [0.29, 0.717) is 0 Å². The lowest BCUT2D eigenvalue weighted by Crippen LogP contribution is -2.21. The number of para-hydroxylation sites is 1. The number of hydrogen-bond acceptors (Lipinski definition) is 1. The van der Waals surface area contributed by atoms with Crippen LogP contribution in [0.1, 0.15) is 5.56 Å². The summed E-state index contributed by atoms with van der Waals surface area (Å²) in [7, 11) is 0. The molecule has 4 rings (SSSR count). The largest absolute Gasteiger partial charge is 0.343 e. The highest BCUT2D eigenvalue weighted by molar-refractivity contribution is 5.82. The standard InChI is InChI=1S/C23H19N/c1-3-10-19(11-4-1)21-14-9-17-24(18-21)23-16-8-7-15-22(23)20-12-5-2-6-13-20/h1-17H,18H2. The van der Waals surface area contributed by atoms with Crippen molar-refractivity contribution in [2.24, 2.45) is 0 Å². The van der Waals surface area contributed by atoms with Crippen molar-refractivity contribution in [2.45, 2.75) is 0 Å². The van der Waals surface area contributed by atoms with E-state index in [0.717, 1.165) is 6.54 Å². The molecule has 1 heteroatoms. The maximum absolute atomic E-state index is 2.32. The SMILES string of the molecule is C1=CN(c2ccccc2-c2ccccc2)CC(c2ccccc2)=C1. The Morgan fingerprint density at radius 3 is 2.00 bits per heavy atom. The Hall–Kier alpha value is -3.06. The van der Waals surface area contributed by atoms with E-state index in [4.69, 9.17) is 0 Å². The van der Waals surface area contributed by atoms with Gasteiger partial charge in [0.2, 0.25) is 0 Å². The highest BCUT2D eigenvalue weighted by Crippen LogP contribution is 2.33. The molecule has 1 aliphatic heterocycles. The van der Waals surface area contributed by atoms with Gasteiger partial charge in [-0.25, -0.2) is 0 Å². The molecule has 1 aliphatic rings. The highest BCUT2D eigenvalue weighted by atomic mass is 15.1. The molecule has 0 bridgehead atoms. The molecule has 0 N–H and O–H groups in total. The summed E-state index contributed by atoms with van der Waals surface area (Å²) in [5.74, 6) is 0. The fourth-order valence-electron chi connectivity index (χ4n) is 3.14. The van der Waals surface area contributed by atoms with Gasteiger partial charge in [0.25, 0.3) is 0 Å². The molecule has 0 spiro atoms. The second-order valence-electron chi connectivity index (χ2n) is 5.91. The van der Waals surface area contributed by atoms with Crippen LogP contribution in [0.25, 0.3) is 16.7 Å². The van der Waals surface area contributed by atoms with Crippen LogP contribution in [0.15, 0.2) is 103 Å². The summed E-state index contributed by atoms with van der Waals surface area (Å²) >= 11 is 0. The average Bonchev–Trinajstić information content (AvgIpc) is 2.69. The summed E-state index contributed by atoms with van der Waals surface area (Å²) in [6.07, 6.45) is 6.50. The van der Waals surface area contributed by atoms with Crippen LogP contribution in [0, 0.1) is 0 Å². The van der Waals surface area contributed by atoms with Crippen LogP contribution in [-0.2, 0) is 0 Å². The summed E-state index contributed by atoms with van der Waals surface area (Å²) in [6.45, 7) is 0.879. The van der Waals surface area contributed by atoms with Crippen molar-refractivity contribution < 1.29 is 0 Å². The Balaban J connectivity index is 1.69. The molecule has 0 unspecified atom stereocenters. The van der Waals surface area contributed by atoms with Crippen molar-refractivity contribution in [3.05, 3.63) is 109 Å². The van der Waals surface area contributed by atoms with E-state index < -0.39 is 0 Å². The zero-order chi connectivity index (χ0) is 16.2. The van der Waals surface area contributed by atoms with E-state index in [1.807, 2.05) is 0 Å². The smallest absolute Gasteiger partial charge is 0.0488 e. The normalized spacial score (nSPS) is 13.7. The molecule has 3 aromatic rings. The Morgan fingerprint density at radius 1 is 0.625 bits per heavy atom. The third-order valence-electron chi connectivity index (χ3n) is 4.35. The second kappa shape index (κ2) is 6.59. The Bertz CT molecular complexity index is 876. The van der Waals surface area contributed by atoms with Gasteiger partial charge in [0, 0.05) is 24.0 Å². The number of benzene rings is 3. The van der Waals surface area contributed by atoms with Crippen molar-refractivity contribution >= 4 is 11.3 Å². The summed E-state index contributed by atoms with van der Waals surface area (Å²) in [6, 6.07) is 29.8. The summed E-state index contributed by atoms with van der Waals surface area (Å²) in [5.41, 5.74) is 6.36. The highest BCUT2D eigenvalue weighted by Gasteiger charge is 2.14. The lowest BCUT2D eigenvalue weighted by atomic mass is 10.00. The van der Waals surface area contributed by atoms with E-state index in [-0.39, 0.29) is 0 Å². The minimum absolute atomic E-state index is 0.879. The molecule has 1 nitrogen and oxygen atoms in total. The molecule has 0 saturated carbocycles. The molecular formula is C23H19N. The maximum atomic E-state index is 2.32. The van der Waals surface area contributed by atoms with Crippen LogP contribution >= 0.6 is 0 Å². The van der Waals surface area contributed by atoms with Crippen LogP contribution in [-0.4, -0.2) is 6.54 Å². The first kappa shape index (κ1) is 14.5. The molecule has 0 saturated heterocycles. The number of rotatable bonds is 3. The zero-order valence-corrected chi connectivity index (χ0v) is 13.5. The number of nitrogens with zero attached hydrogens (tertiary/aromatic N) is 1. The van der Waals surface area contributed by atoms with Crippen molar-refractivity contribution in [3.8, 4) is 11.1 Å². The monoisotopic (exact) mass is 309 g/mol. The van der Waals surface area contributed by atoms with Crippen LogP contribution < -0.4 is 4.90 Å². The number of hydrogen-bond donors (Lipinski definition) is 0. The molecule has 0 atom stereocenters. The van der Waals surface area contributed by atoms with Crippen LogP contribution in [0.3, 0.4) is 0 Å².